The van der Waals surface area contributed by atoms with Crippen molar-refractivity contribution in [2.75, 3.05) is 19.0 Å². The van der Waals surface area contributed by atoms with E-state index in [0.717, 1.165) is 0 Å². The monoisotopic (exact) mass is 249 g/mol. The number of esters is 1. The molecule has 0 unspecified atom stereocenters. The Morgan fingerprint density at radius 2 is 2.28 bits per heavy atom. The van der Waals surface area contributed by atoms with Crippen LogP contribution < -0.4 is 5.32 Å². The Hall–Kier alpha value is -2.57. The third-order valence-electron chi connectivity index (χ3n) is 2.36. The number of imidazole rings is 1. The van der Waals surface area contributed by atoms with Gasteiger partial charge in [-0.2, -0.15) is 0 Å². The molecule has 1 aromatic heterocycles. The van der Waals surface area contributed by atoms with Crippen molar-refractivity contribution in [3.8, 4) is 0 Å². The van der Waals surface area contributed by atoms with Crippen LogP contribution in [0.4, 0.5) is 5.95 Å². The maximum Gasteiger partial charge on any atom is 0.335 e. The molecule has 0 radical (unpaired) electrons. The number of carbonyl (C=O) groups is 2. The van der Waals surface area contributed by atoms with Gasteiger partial charge in [0.25, 0.3) is 0 Å². The zero-order chi connectivity index (χ0) is 13.1. The van der Waals surface area contributed by atoms with Crippen molar-refractivity contribution in [3.05, 3.63) is 23.8 Å². The van der Waals surface area contributed by atoms with Crippen molar-refractivity contribution in [3.63, 3.8) is 0 Å². The number of carboxylic acids is 1. The lowest BCUT2D eigenvalue weighted by Crippen LogP contribution is -2.15. The van der Waals surface area contributed by atoms with E-state index in [0.29, 0.717) is 17.0 Å². The molecule has 7 nitrogen and oxygen atoms in total. The summed E-state index contributed by atoms with van der Waals surface area (Å²) in [6, 6.07) is 4.54. The molecule has 0 amide bonds. The number of H-pyrrole nitrogens is 1. The minimum absolute atomic E-state index is 0.0118. The summed E-state index contributed by atoms with van der Waals surface area (Å²) in [6.07, 6.45) is 0. The molecule has 0 fully saturated rings. The molecule has 1 aromatic carbocycles. The number of aromatic amines is 1. The quantitative estimate of drug-likeness (QED) is 0.694. The van der Waals surface area contributed by atoms with Crippen LogP contribution in [0, 0.1) is 0 Å². The lowest BCUT2D eigenvalue weighted by Gasteiger charge is -1.99. The molecule has 1 heterocycles. The summed E-state index contributed by atoms with van der Waals surface area (Å²) in [5, 5.41) is 11.6. The Balaban J connectivity index is 2.22. The van der Waals surface area contributed by atoms with Gasteiger partial charge in [0.05, 0.1) is 23.7 Å². The van der Waals surface area contributed by atoms with Gasteiger partial charge in [-0.1, -0.05) is 0 Å². The van der Waals surface area contributed by atoms with Gasteiger partial charge in [-0.3, -0.25) is 4.79 Å². The van der Waals surface area contributed by atoms with Gasteiger partial charge in [-0.15, -0.1) is 0 Å². The summed E-state index contributed by atoms with van der Waals surface area (Å²) in [4.78, 5) is 28.8. The highest BCUT2D eigenvalue weighted by atomic mass is 16.5. The SMILES string of the molecule is COC(=O)CNc1nc2ccc(C(=O)O)cc2[nH]1. The summed E-state index contributed by atoms with van der Waals surface area (Å²) in [7, 11) is 1.29. The summed E-state index contributed by atoms with van der Waals surface area (Å²) < 4.78 is 4.48. The molecule has 0 aliphatic carbocycles. The number of carbonyl (C=O) groups excluding carboxylic acids is 1. The number of aromatic nitrogens is 2. The summed E-state index contributed by atoms with van der Waals surface area (Å²) in [5.41, 5.74) is 1.38. The molecule has 2 rings (SSSR count). The second-order valence-corrected chi connectivity index (χ2v) is 3.55. The Morgan fingerprint density at radius 1 is 1.50 bits per heavy atom. The van der Waals surface area contributed by atoms with Crippen LogP contribution in [0.2, 0.25) is 0 Å². The highest BCUT2D eigenvalue weighted by Gasteiger charge is 2.08. The Kier molecular flexibility index (Phi) is 3.13. The van der Waals surface area contributed by atoms with Crippen LogP contribution in [0.25, 0.3) is 11.0 Å². The van der Waals surface area contributed by atoms with E-state index in [1.807, 2.05) is 0 Å². The van der Waals surface area contributed by atoms with Crippen molar-refractivity contribution in [2.24, 2.45) is 0 Å². The Bertz CT molecular complexity index is 605. The fourth-order valence-corrected chi connectivity index (χ4v) is 1.45. The predicted octanol–water partition coefficient (Wildman–Crippen LogP) is 0.846. The van der Waals surface area contributed by atoms with Gasteiger partial charge >= 0.3 is 11.9 Å². The van der Waals surface area contributed by atoms with Crippen LogP contribution in [0.15, 0.2) is 18.2 Å². The van der Waals surface area contributed by atoms with Crippen LogP contribution in [0.5, 0.6) is 0 Å². The van der Waals surface area contributed by atoms with Crippen LogP contribution in [-0.4, -0.2) is 40.7 Å². The van der Waals surface area contributed by atoms with Crippen LogP contribution in [0.1, 0.15) is 10.4 Å². The normalized spacial score (nSPS) is 10.3. The second-order valence-electron chi connectivity index (χ2n) is 3.55. The van der Waals surface area contributed by atoms with E-state index in [2.05, 4.69) is 20.0 Å². The van der Waals surface area contributed by atoms with E-state index >= 15 is 0 Å². The lowest BCUT2D eigenvalue weighted by molar-refractivity contribution is -0.138. The van der Waals surface area contributed by atoms with E-state index in [9.17, 15) is 9.59 Å². The van der Waals surface area contributed by atoms with Crippen LogP contribution >= 0.6 is 0 Å². The number of nitrogens with zero attached hydrogens (tertiary/aromatic N) is 1. The van der Waals surface area contributed by atoms with Gasteiger partial charge in [0.2, 0.25) is 5.95 Å². The molecular weight excluding hydrogens is 238 g/mol. The first-order valence-electron chi connectivity index (χ1n) is 5.14. The van der Waals surface area contributed by atoms with Gasteiger partial charge in [-0.25, -0.2) is 9.78 Å². The highest BCUT2D eigenvalue weighted by molar-refractivity contribution is 5.92. The molecule has 94 valence electrons. The fraction of sp³-hybridized carbons (Fsp3) is 0.182. The summed E-state index contributed by atoms with van der Waals surface area (Å²) in [5.74, 6) is -1.03. The van der Waals surface area contributed by atoms with Gasteiger partial charge in [-0.05, 0) is 18.2 Å². The number of benzene rings is 1. The molecule has 2 aromatic rings. The fourth-order valence-electron chi connectivity index (χ4n) is 1.45. The number of carboxylic acid groups (broad SMARTS) is 1. The first-order valence-corrected chi connectivity index (χ1v) is 5.14. The van der Waals surface area contributed by atoms with Crippen molar-refractivity contribution in [1.82, 2.24) is 9.97 Å². The van der Waals surface area contributed by atoms with E-state index in [-0.39, 0.29) is 12.1 Å². The standard InChI is InChI=1S/C11H11N3O4/c1-18-9(15)5-12-11-13-7-3-2-6(10(16)17)4-8(7)14-11/h2-4H,5H2,1H3,(H,16,17)(H2,12,13,14). The first kappa shape index (κ1) is 11.9. The van der Waals surface area contributed by atoms with Gasteiger partial charge in [0.15, 0.2) is 0 Å². The van der Waals surface area contributed by atoms with Crippen LogP contribution in [-0.2, 0) is 9.53 Å². The molecule has 0 aliphatic rings. The number of nitrogens with one attached hydrogen (secondary N) is 2. The molecule has 0 saturated heterocycles. The van der Waals surface area contributed by atoms with E-state index in [1.165, 1.54) is 19.2 Å². The van der Waals surface area contributed by atoms with E-state index in [4.69, 9.17) is 5.11 Å². The number of hydrogen-bond donors (Lipinski definition) is 3. The maximum absolute atomic E-state index is 10.9. The average molecular weight is 249 g/mol. The van der Waals surface area contributed by atoms with Crippen LogP contribution in [0.3, 0.4) is 0 Å². The number of anilines is 1. The van der Waals surface area contributed by atoms with E-state index < -0.39 is 11.9 Å². The minimum atomic E-state index is -1.00. The highest BCUT2D eigenvalue weighted by Crippen LogP contribution is 2.16. The van der Waals surface area contributed by atoms with E-state index in [1.54, 1.807) is 6.07 Å². The molecule has 0 aliphatic heterocycles. The Morgan fingerprint density at radius 3 is 2.94 bits per heavy atom. The van der Waals surface area contributed by atoms with Crippen molar-refractivity contribution in [2.45, 2.75) is 0 Å². The lowest BCUT2D eigenvalue weighted by atomic mass is 10.2. The molecular formula is C11H11N3O4. The smallest absolute Gasteiger partial charge is 0.335 e. The molecule has 0 atom stereocenters. The third-order valence-corrected chi connectivity index (χ3v) is 2.36. The number of rotatable bonds is 4. The molecule has 0 bridgehead atoms. The average Bonchev–Trinajstić information content (AvgIpc) is 2.77. The molecule has 7 heteroatoms. The van der Waals surface area contributed by atoms with Crippen molar-refractivity contribution in [1.29, 1.82) is 0 Å². The number of aromatic carboxylic acids is 1. The molecule has 18 heavy (non-hydrogen) atoms. The van der Waals surface area contributed by atoms with Gasteiger partial charge < -0.3 is 20.1 Å². The topological polar surface area (TPSA) is 104 Å². The minimum Gasteiger partial charge on any atom is -0.478 e. The second kappa shape index (κ2) is 4.74. The zero-order valence-electron chi connectivity index (χ0n) is 9.56. The number of methoxy groups -OCH3 is 1. The number of hydrogen-bond acceptors (Lipinski definition) is 5. The third kappa shape index (κ3) is 2.40. The summed E-state index contributed by atoms with van der Waals surface area (Å²) >= 11 is 0. The molecule has 0 spiro atoms. The van der Waals surface area contributed by atoms with Crippen molar-refractivity contribution < 1.29 is 19.4 Å². The maximum atomic E-state index is 10.9. The summed E-state index contributed by atoms with van der Waals surface area (Å²) in [6.45, 7) is -0.0118. The van der Waals surface area contributed by atoms with Gasteiger partial charge in [0, 0.05) is 0 Å². The van der Waals surface area contributed by atoms with Gasteiger partial charge in [0.1, 0.15) is 6.54 Å². The number of ether oxygens (including phenoxy) is 1. The molecule has 3 N–H and O–H groups in total. The molecule has 0 saturated carbocycles. The first-order chi connectivity index (χ1) is 8.60. The zero-order valence-corrected chi connectivity index (χ0v) is 9.56. The predicted molar refractivity (Wildman–Crippen MR) is 63.6 cm³/mol. The van der Waals surface area contributed by atoms with Crippen molar-refractivity contribution >= 4 is 28.9 Å². The largest absolute Gasteiger partial charge is 0.478 e. The number of fused-ring (bicyclic) bond motifs is 1. The Labute approximate surface area is 102 Å².